The first-order valence-electron chi connectivity index (χ1n) is 8.17. The summed E-state index contributed by atoms with van der Waals surface area (Å²) in [6.07, 6.45) is 18.8. The van der Waals surface area contributed by atoms with Gasteiger partial charge in [0.05, 0.1) is 0 Å². The van der Waals surface area contributed by atoms with Gasteiger partial charge in [0, 0.05) is 6.04 Å². The number of nitrogens with one attached hydrogen (secondary N) is 1. The molecule has 0 aliphatic carbocycles. The first kappa shape index (κ1) is 15.0. The Labute approximate surface area is 109 Å². The highest BCUT2D eigenvalue weighted by Gasteiger charge is 2.12. The fourth-order valence-electron chi connectivity index (χ4n) is 2.88. The van der Waals surface area contributed by atoms with Crippen LogP contribution in [0.4, 0.5) is 0 Å². The van der Waals surface area contributed by atoms with Crippen LogP contribution in [0.1, 0.15) is 90.4 Å². The molecule has 1 aliphatic rings. The molecule has 0 aromatic rings. The van der Waals surface area contributed by atoms with Gasteiger partial charge in [-0.3, -0.25) is 0 Å². The third-order valence-electron chi connectivity index (χ3n) is 4.07. The van der Waals surface area contributed by atoms with Crippen molar-refractivity contribution in [2.45, 2.75) is 96.4 Å². The molecule has 1 saturated heterocycles. The summed E-state index contributed by atoms with van der Waals surface area (Å²) in [7, 11) is 0. The molecule has 0 aromatic carbocycles. The van der Waals surface area contributed by atoms with Gasteiger partial charge in [0.15, 0.2) is 0 Å². The lowest BCUT2D eigenvalue weighted by Gasteiger charge is -2.09. The highest BCUT2D eigenvalue weighted by Crippen LogP contribution is 2.15. The molecular weight excluding hydrogens is 206 g/mol. The van der Waals surface area contributed by atoms with Crippen LogP contribution in [-0.4, -0.2) is 12.6 Å². The molecule has 1 atom stereocenters. The largest absolute Gasteiger partial charge is 0.314 e. The van der Waals surface area contributed by atoms with E-state index < -0.39 is 0 Å². The van der Waals surface area contributed by atoms with Gasteiger partial charge < -0.3 is 5.32 Å². The molecule has 0 bridgehead atoms. The summed E-state index contributed by atoms with van der Waals surface area (Å²) < 4.78 is 0. The van der Waals surface area contributed by atoms with Crippen molar-refractivity contribution < 1.29 is 0 Å². The van der Waals surface area contributed by atoms with E-state index in [0.29, 0.717) is 0 Å². The third-order valence-corrected chi connectivity index (χ3v) is 4.07. The van der Waals surface area contributed by atoms with Crippen LogP contribution in [0.3, 0.4) is 0 Å². The lowest BCUT2D eigenvalue weighted by molar-refractivity contribution is 0.498. The first-order chi connectivity index (χ1) is 8.43. The Morgan fingerprint density at radius 2 is 1.41 bits per heavy atom. The van der Waals surface area contributed by atoms with Crippen LogP contribution in [0.15, 0.2) is 0 Å². The van der Waals surface area contributed by atoms with E-state index in [9.17, 15) is 0 Å². The van der Waals surface area contributed by atoms with Crippen molar-refractivity contribution in [2.24, 2.45) is 0 Å². The normalized spacial score (nSPS) is 19.9. The van der Waals surface area contributed by atoms with Crippen molar-refractivity contribution in [3.63, 3.8) is 0 Å². The highest BCUT2D eigenvalue weighted by molar-refractivity contribution is 4.73. The van der Waals surface area contributed by atoms with Gasteiger partial charge in [-0.2, -0.15) is 0 Å². The van der Waals surface area contributed by atoms with Crippen LogP contribution in [0.2, 0.25) is 0 Å². The van der Waals surface area contributed by atoms with E-state index in [1.165, 1.54) is 90.0 Å². The molecule has 1 heteroatoms. The highest BCUT2D eigenvalue weighted by atomic mass is 14.9. The Bertz CT molecular complexity index is 150. The predicted molar refractivity (Wildman–Crippen MR) is 77.5 cm³/mol. The van der Waals surface area contributed by atoms with E-state index in [1.807, 2.05) is 0 Å². The van der Waals surface area contributed by atoms with E-state index in [0.717, 1.165) is 6.04 Å². The molecule has 0 amide bonds. The second-order valence-electron chi connectivity index (χ2n) is 5.76. The molecule has 1 nitrogen and oxygen atoms in total. The minimum absolute atomic E-state index is 0.865. The maximum absolute atomic E-state index is 3.59. The van der Waals surface area contributed by atoms with Crippen molar-refractivity contribution in [3.8, 4) is 0 Å². The minimum Gasteiger partial charge on any atom is -0.314 e. The molecule has 1 unspecified atom stereocenters. The molecule has 1 fully saturated rings. The predicted octanol–water partition coefficient (Wildman–Crippen LogP) is 5.05. The third kappa shape index (κ3) is 8.65. The van der Waals surface area contributed by atoms with Gasteiger partial charge in [-0.15, -0.1) is 0 Å². The second kappa shape index (κ2) is 11.1. The first-order valence-corrected chi connectivity index (χ1v) is 8.17. The summed E-state index contributed by atoms with van der Waals surface area (Å²) in [4.78, 5) is 0. The Morgan fingerprint density at radius 1 is 0.824 bits per heavy atom. The molecule has 1 rings (SSSR count). The van der Waals surface area contributed by atoms with Crippen molar-refractivity contribution >= 4 is 0 Å². The summed E-state index contributed by atoms with van der Waals surface area (Å²) in [5, 5.41) is 3.59. The van der Waals surface area contributed by atoms with Crippen LogP contribution in [-0.2, 0) is 0 Å². The average Bonchev–Trinajstić information content (AvgIpc) is 2.85. The van der Waals surface area contributed by atoms with Gasteiger partial charge in [-0.05, 0) is 25.8 Å². The molecular formula is C16H33N. The average molecular weight is 239 g/mol. The van der Waals surface area contributed by atoms with E-state index in [4.69, 9.17) is 0 Å². The van der Waals surface area contributed by atoms with Gasteiger partial charge in [-0.25, -0.2) is 0 Å². The summed E-state index contributed by atoms with van der Waals surface area (Å²) in [6, 6.07) is 0.865. The zero-order valence-corrected chi connectivity index (χ0v) is 12.0. The van der Waals surface area contributed by atoms with Crippen LogP contribution in [0.25, 0.3) is 0 Å². The van der Waals surface area contributed by atoms with Crippen LogP contribution >= 0.6 is 0 Å². The van der Waals surface area contributed by atoms with Crippen molar-refractivity contribution in [1.82, 2.24) is 5.32 Å². The lowest BCUT2D eigenvalue weighted by Crippen LogP contribution is -2.20. The Hall–Kier alpha value is -0.0400. The Balaban J connectivity index is 1.69. The maximum Gasteiger partial charge on any atom is 0.00675 e. The van der Waals surface area contributed by atoms with Crippen molar-refractivity contribution in [1.29, 1.82) is 0 Å². The Kier molecular flexibility index (Phi) is 9.78. The van der Waals surface area contributed by atoms with E-state index in [2.05, 4.69) is 12.2 Å². The molecule has 0 spiro atoms. The maximum atomic E-state index is 3.59. The molecule has 1 N–H and O–H groups in total. The van der Waals surface area contributed by atoms with E-state index in [-0.39, 0.29) is 0 Å². The van der Waals surface area contributed by atoms with Gasteiger partial charge in [0.1, 0.15) is 0 Å². The molecule has 1 heterocycles. The Morgan fingerprint density at radius 3 is 1.94 bits per heavy atom. The van der Waals surface area contributed by atoms with Crippen molar-refractivity contribution in [2.75, 3.05) is 6.54 Å². The number of hydrogen-bond donors (Lipinski definition) is 1. The number of rotatable bonds is 11. The van der Waals surface area contributed by atoms with Crippen LogP contribution in [0, 0.1) is 0 Å². The monoisotopic (exact) mass is 239 g/mol. The van der Waals surface area contributed by atoms with Gasteiger partial charge in [0.25, 0.3) is 0 Å². The van der Waals surface area contributed by atoms with Crippen LogP contribution < -0.4 is 5.32 Å². The molecule has 0 aromatic heterocycles. The molecule has 0 saturated carbocycles. The molecule has 0 radical (unpaired) electrons. The quantitative estimate of drug-likeness (QED) is 0.498. The lowest BCUT2D eigenvalue weighted by atomic mass is 10.0. The van der Waals surface area contributed by atoms with E-state index in [1.54, 1.807) is 0 Å². The minimum atomic E-state index is 0.865. The summed E-state index contributed by atoms with van der Waals surface area (Å²) in [6.45, 7) is 3.56. The smallest absolute Gasteiger partial charge is 0.00675 e. The molecule has 1 aliphatic heterocycles. The van der Waals surface area contributed by atoms with Crippen molar-refractivity contribution in [3.05, 3.63) is 0 Å². The summed E-state index contributed by atoms with van der Waals surface area (Å²) >= 11 is 0. The molecule has 17 heavy (non-hydrogen) atoms. The zero-order chi connectivity index (χ0) is 12.2. The topological polar surface area (TPSA) is 12.0 Å². The van der Waals surface area contributed by atoms with Gasteiger partial charge in [0.2, 0.25) is 0 Å². The number of unbranched alkanes of at least 4 members (excludes halogenated alkanes) is 9. The SMILES string of the molecule is CCCCCCCCCCCCC1CCCN1. The second-order valence-corrected chi connectivity index (χ2v) is 5.76. The standard InChI is InChI=1S/C16H33N/c1-2-3-4-5-6-7-8-9-10-11-13-16-14-12-15-17-16/h16-17H,2-15H2,1H3. The summed E-state index contributed by atoms with van der Waals surface area (Å²) in [5.41, 5.74) is 0. The molecule has 102 valence electrons. The van der Waals surface area contributed by atoms with E-state index >= 15 is 0 Å². The zero-order valence-electron chi connectivity index (χ0n) is 12.0. The van der Waals surface area contributed by atoms with Gasteiger partial charge >= 0.3 is 0 Å². The fraction of sp³-hybridized carbons (Fsp3) is 1.00. The number of hydrogen-bond acceptors (Lipinski definition) is 1. The summed E-state index contributed by atoms with van der Waals surface area (Å²) in [5.74, 6) is 0. The van der Waals surface area contributed by atoms with Gasteiger partial charge in [-0.1, -0.05) is 71.1 Å². The fourth-order valence-corrected chi connectivity index (χ4v) is 2.88. The van der Waals surface area contributed by atoms with Crippen LogP contribution in [0.5, 0.6) is 0 Å².